The SMILES string of the molecule is Cc1nn(Cc2ccccc2)c(C)c1C(C)(N)CO. The van der Waals surface area contributed by atoms with E-state index in [1.165, 1.54) is 5.56 Å². The molecule has 1 atom stereocenters. The smallest absolute Gasteiger partial charge is 0.0662 e. The second-order valence-electron chi connectivity index (χ2n) is 5.26. The van der Waals surface area contributed by atoms with E-state index in [0.717, 1.165) is 23.5 Å². The normalized spacial score (nSPS) is 14.4. The van der Waals surface area contributed by atoms with Gasteiger partial charge >= 0.3 is 0 Å². The summed E-state index contributed by atoms with van der Waals surface area (Å²) in [6.45, 7) is 6.39. The zero-order valence-electron chi connectivity index (χ0n) is 11.7. The topological polar surface area (TPSA) is 64.1 Å². The molecule has 1 aromatic heterocycles. The fourth-order valence-electron chi connectivity index (χ4n) is 2.51. The lowest BCUT2D eigenvalue weighted by Crippen LogP contribution is -2.38. The first-order valence-corrected chi connectivity index (χ1v) is 6.44. The first-order chi connectivity index (χ1) is 8.95. The van der Waals surface area contributed by atoms with Crippen molar-refractivity contribution in [1.29, 1.82) is 0 Å². The fourth-order valence-corrected chi connectivity index (χ4v) is 2.51. The lowest BCUT2D eigenvalue weighted by molar-refractivity contribution is 0.209. The Hall–Kier alpha value is -1.65. The van der Waals surface area contributed by atoms with Crippen LogP contribution in [0.25, 0.3) is 0 Å². The van der Waals surface area contributed by atoms with Crippen LogP contribution in [0.4, 0.5) is 0 Å². The molecule has 1 unspecified atom stereocenters. The van der Waals surface area contributed by atoms with E-state index in [-0.39, 0.29) is 6.61 Å². The Kier molecular flexibility index (Phi) is 3.73. The largest absolute Gasteiger partial charge is 0.394 e. The number of rotatable bonds is 4. The summed E-state index contributed by atoms with van der Waals surface area (Å²) >= 11 is 0. The second kappa shape index (κ2) is 5.15. The average Bonchev–Trinajstić information content (AvgIpc) is 2.66. The molecule has 1 heterocycles. The molecule has 0 aliphatic carbocycles. The first-order valence-electron chi connectivity index (χ1n) is 6.44. The standard InChI is InChI=1S/C15H21N3O/c1-11-14(15(3,16)10-19)12(2)18(17-11)9-13-7-5-4-6-8-13/h4-8,19H,9-10,16H2,1-3H3. The van der Waals surface area contributed by atoms with Crippen molar-refractivity contribution < 1.29 is 5.11 Å². The molecule has 2 aromatic rings. The Morgan fingerprint density at radius 3 is 2.47 bits per heavy atom. The highest BCUT2D eigenvalue weighted by atomic mass is 16.3. The van der Waals surface area contributed by atoms with Crippen LogP contribution in [-0.4, -0.2) is 21.5 Å². The minimum absolute atomic E-state index is 0.0916. The molecule has 2 rings (SSSR count). The van der Waals surface area contributed by atoms with Crippen LogP contribution < -0.4 is 5.73 Å². The van der Waals surface area contributed by atoms with Gasteiger partial charge < -0.3 is 10.8 Å². The van der Waals surface area contributed by atoms with Gasteiger partial charge in [-0.1, -0.05) is 30.3 Å². The van der Waals surface area contributed by atoms with Crippen molar-refractivity contribution in [3.05, 3.63) is 52.8 Å². The number of hydrogen-bond donors (Lipinski definition) is 2. The molecule has 4 heteroatoms. The van der Waals surface area contributed by atoms with E-state index >= 15 is 0 Å². The maximum absolute atomic E-state index is 9.43. The van der Waals surface area contributed by atoms with Gasteiger partial charge in [-0.3, -0.25) is 4.68 Å². The summed E-state index contributed by atoms with van der Waals surface area (Å²) in [4.78, 5) is 0. The minimum atomic E-state index is -0.747. The third-order valence-electron chi connectivity index (χ3n) is 3.46. The molecule has 102 valence electrons. The maximum atomic E-state index is 9.43. The van der Waals surface area contributed by atoms with Gasteiger partial charge in [-0.2, -0.15) is 5.10 Å². The number of hydrogen-bond acceptors (Lipinski definition) is 3. The van der Waals surface area contributed by atoms with Crippen molar-refractivity contribution >= 4 is 0 Å². The molecular formula is C15H21N3O. The molecule has 0 bridgehead atoms. The first kappa shape index (κ1) is 13.8. The van der Waals surface area contributed by atoms with Gasteiger partial charge in [0.05, 0.1) is 24.4 Å². The highest BCUT2D eigenvalue weighted by molar-refractivity contribution is 5.32. The van der Waals surface area contributed by atoms with E-state index in [2.05, 4.69) is 17.2 Å². The third-order valence-corrected chi connectivity index (χ3v) is 3.46. The van der Waals surface area contributed by atoms with Gasteiger partial charge in [-0.05, 0) is 26.3 Å². The molecule has 0 amide bonds. The van der Waals surface area contributed by atoms with Gasteiger partial charge in [0.25, 0.3) is 0 Å². The number of benzene rings is 1. The van der Waals surface area contributed by atoms with Gasteiger partial charge in [-0.15, -0.1) is 0 Å². The number of aromatic nitrogens is 2. The molecule has 19 heavy (non-hydrogen) atoms. The lowest BCUT2D eigenvalue weighted by atomic mass is 9.92. The molecule has 0 aliphatic heterocycles. The van der Waals surface area contributed by atoms with Gasteiger partial charge in [0, 0.05) is 11.3 Å². The molecule has 0 spiro atoms. The van der Waals surface area contributed by atoms with Crippen LogP contribution in [0.2, 0.25) is 0 Å². The summed E-state index contributed by atoms with van der Waals surface area (Å²) < 4.78 is 1.95. The molecule has 1 aromatic carbocycles. The van der Waals surface area contributed by atoms with E-state index in [4.69, 9.17) is 5.73 Å². The molecule has 0 fully saturated rings. The van der Waals surface area contributed by atoms with Gasteiger partial charge in [0.1, 0.15) is 0 Å². The molecule has 0 saturated heterocycles. The molecule has 4 nitrogen and oxygen atoms in total. The third kappa shape index (κ3) is 2.69. The lowest BCUT2D eigenvalue weighted by Gasteiger charge is -2.22. The van der Waals surface area contributed by atoms with Crippen molar-refractivity contribution in [3.8, 4) is 0 Å². The number of nitrogens with zero attached hydrogens (tertiary/aromatic N) is 2. The van der Waals surface area contributed by atoms with Crippen LogP contribution in [0.5, 0.6) is 0 Å². The Balaban J connectivity index is 2.37. The highest BCUT2D eigenvalue weighted by Crippen LogP contribution is 2.25. The number of aliphatic hydroxyl groups excluding tert-OH is 1. The predicted octanol–water partition coefficient (Wildman–Crippen LogP) is 1.71. The van der Waals surface area contributed by atoms with Crippen LogP contribution in [0, 0.1) is 13.8 Å². The van der Waals surface area contributed by atoms with E-state index < -0.39 is 5.54 Å². The minimum Gasteiger partial charge on any atom is -0.394 e. The monoisotopic (exact) mass is 259 g/mol. The Morgan fingerprint density at radius 2 is 1.89 bits per heavy atom. The van der Waals surface area contributed by atoms with E-state index in [0.29, 0.717) is 0 Å². The summed E-state index contributed by atoms with van der Waals surface area (Å²) in [6, 6.07) is 10.2. The van der Waals surface area contributed by atoms with Crippen molar-refractivity contribution in [2.24, 2.45) is 5.73 Å². The van der Waals surface area contributed by atoms with Crippen molar-refractivity contribution in [2.45, 2.75) is 32.9 Å². The summed E-state index contributed by atoms with van der Waals surface area (Å²) in [5.74, 6) is 0. The van der Waals surface area contributed by atoms with Gasteiger partial charge in [0.2, 0.25) is 0 Å². The van der Waals surface area contributed by atoms with Crippen LogP contribution in [-0.2, 0) is 12.1 Å². The van der Waals surface area contributed by atoms with Gasteiger partial charge in [0.15, 0.2) is 0 Å². The molecule has 0 radical (unpaired) electrons. The van der Waals surface area contributed by atoms with Crippen molar-refractivity contribution in [1.82, 2.24) is 9.78 Å². The molecule has 0 aliphatic rings. The Morgan fingerprint density at radius 1 is 1.26 bits per heavy atom. The average molecular weight is 259 g/mol. The van der Waals surface area contributed by atoms with Crippen LogP contribution in [0.15, 0.2) is 30.3 Å². The van der Waals surface area contributed by atoms with Crippen LogP contribution in [0.3, 0.4) is 0 Å². The zero-order chi connectivity index (χ0) is 14.0. The van der Waals surface area contributed by atoms with Crippen molar-refractivity contribution in [2.75, 3.05) is 6.61 Å². The Bertz CT molecular complexity index is 558. The Labute approximate surface area is 113 Å². The predicted molar refractivity (Wildman–Crippen MR) is 75.9 cm³/mol. The van der Waals surface area contributed by atoms with Crippen LogP contribution >= 0.6 is 0 Å². The number of nitrogens with two attached hydrogens (primary N) is 1. The molecule has 3 N–H and O–H groups in total. The van der Waals surface area contributed by atoms with Gasteiger partial charge in [-0.25, -0.2) is 0 Å². The summed E-state index contributed by atoms with van der Waals surface area (Å²) in [5, 5.41) is 14.0. The maximum Gasteiger partial charge on any atom is 0.0662 e. The number of aryl methyl sites for hydroxylation is 1. The van der Waals surface area contributed by atoms with Crippen LogP contribution in [0.1, 0.15) is 29.4 Å². The fraction of sp³-hybridized carbons (Fsp3) is 0.400. The molecule has 0 saturated carbocycles. The summed E-state index contributed by atoms with van der Waals surface area (Å²) in [7, 11) is 0. The van der Waals surface area contributed by atoms with Crippen molar-refractivity contribution in [3.63, 3.8) is 0 Å². The molecular weight excluding hydrogens is 238 g/mol. The highest BCUT2D eigenvalue weighted by Gasteiger charge is 2.27. The quantitative estimate of drug-likeness (QED) is 0.878. The summed E-state index contributed by atoms with van der Waals surface area (Å²) in [5.41, 5.74) is 9.42. The van der Waals surface area contributed by atoms with E-state index in [9.17, 15) is 5.11 Å². The summed E-state index contributed by atoms with van der Waals surface area (Å²) in [6.07, 6.45) is 0. The van der Waals surface area contributed by atoms with E-state index in [1.54, 1.807) is 0 Å². The zero-order valence-corrected chi connectivity index (χ0v) is 11.7. The van der Waals surface area contributed by atoms with E-state index in [1.807, 2.05) is 43.7 Å². The second-order valence-corrected chi connectivity index (χ2v) is 5.26. The number of aliphatic hydroxyl groups is 1.